The normalized spacial score (nSPS) is 17.2. The van der Waals surface area contributed by atoms with E-state index in [1.165, 1.54) is 0 Å². The predicted molar refractivity (Wildman–Crippen MR) is 72.2 cm³/mol. The fraction of sp³-hybridized carbons (Fsp3) is 0.385. The van der Waals surface area contributed by atoms with Crippen LogP contribution in [0.25, 0.3) is 10.9 Å². The summed E-state index contributed by atoms with van der Waals surface area (Å²) in [5.41, 5.74) is 0.601. The Morgan fingerprint density at radius 3 is 2.89 bits per heavy atom. The minimum Gasteiger partial charge on any atom is -0.317 e. The minimum atomic E-state index is 0.00870. The zero-order valence-corrected chi connectivity index (χ0v) is 10.7. The highest BCUT2D eigenvalue weighted by Gasteiger charge is 2.17. The summed E-state index contributed by atoms with van der Waals surface area (Å²) in [7, 11) is 0. The summed E-state index contributed by atoms with van der Waals surface area (Å²) in [6.07, 6.45) is 3.56. The number of para-hydroxylation sites is 1. The second-order valence-corrected chi connectivity index (χ2v) is 4.98. The maximum absolute atomic E-state index is 12.4. The second kappa shape index (κ2) is 4.71. The molecule has 2 aromatic rings. The van der Waals surface area contributed by atoms with Gasteiger partial charge in [-0.05, 0) is 38.1 Å². The van der Waals surface area contributed by atoms with Crippen LogP contribution in [0.2, 0.25) is 5.02 Å². The molecular formula is C13H14ClN3O. The molecule has 0 radical (unpaired) electrons. The number of benzene rings is 1. The van der Waals surface area contributed by atoms with Crippen LogP contribution in [-0.2, 0) is 0 Å². The van der Waals surface area contributed by atoms with E-state index in [2.05, 4.69) is 10.3 Å². The van der Waals surface area contributed by atoms with Gasteiger partial charge in [0, 0.05) is 6.04 Å². The van der Waals surface area contributed by atoms with Crippen molar-refractivity contribution in [1.29, 1.82) is 0 Å². The van der Waals surface area contributed by atoms with Gasteiger partial charge < -0.3 is 5.32 Å². The summed E-state index contributed by atoms with van der Waals surface area (Å²) in [6.45, 7) is 1.90. The molecule has 1 aliphatic heterocycles. The first-order chi connectivity index (χ1) is 8.77. The average molecular weight is 264 g/mol. The van der Waals surface area contributed by atoms with Crippen LogP contribution in [0.5, 0.6) is 0 Å². The molecule has 1 aromatic carbocycles. The Labute approximate surface area is 110 Å². The molecule has 1 N–H and O–H groups in total. The first-order valence-corrected chi connectivity index (χ1v) is 6.51. The molecular weight excluding hydrogens is 250 g/mol. The lowest BCUT2D eigenvalue weighted by Crippen LogP contribution is -2.34. The highest BCUT2D eigenvalue weighted by molar-refractivity contribution is 6.34. The summed E-state index contributed by atoms with van der Waals surface area (Å²) >= 11 is 6.05. The Hall–Kier alpha value is -1.39. The van der Waals surface area contributed by atoms with Crippen molar-refractivity contribution in [3.05, 3.63) is 39.9 Å². The van der Waals surface area contributed by atoms with E-state index in [0.29, 0.717) is 15.9 Å². The van der Waals surface area contributed by atoms with Gasteiger partial charge in [-0.3, -0.25) is 9.36 Å². The molecule has 1 aliphatic rings. The third-order valence-corrected chi connectivity index (χ3v) is 3.77. The molecule has 0 atom stereocenters. The van der Waals surface area contributed by atoms with E-state index in [-0.39, 0.29) is 11.6 Å². The molecule has 0 aliphatic carbocycles. The number of nitrogens with one attached hydrogen (secondary N) is 1. The fourth-order valence-corrected chi connectivity index (χ4v) is 2.70. The number of hydrogen-bond acceptors (Lipinski definition) is 3. The third-order valence-electron chi connectivity index (χ3n) is 3.47. The summed E-state index contributed by atoms with van der Waals surface area (Å²) in [5.74, 6) is 0. The van der Waals surface area contributed by atoms with Crippen LogP contribution in [0.3, 0.4) is 0 Å². The topological polar surface area (TPSA) is 46.9 Å². The molecule has 1 aromatic heterocycles. The van der Waals surface area contributed by atoms with Crippen molar-refractivity contribution in [2.24, 2.45) is 0 Å². The summed E-state index contributed by atoms with van der Waals surface area (Å²) in [4.78, 5) is 16.8. The number of hydrogen-bond donors (Lipinski definition) is 1. The molecule has 5 heteroatoms. The zero-order chi connectivity index (χ0) is 12.5. The van der Waals surface area contributed by atoms with E-state index < -0.39 is 0 Å². The summed E-state index contributed by atoms with van der Waals surface area (Å²) in [5, 5.41) is 4.42. The van der Waals surface area contributed by atoms with Crippen LogP contribution in [0, 0.1) is 0 Å². The van der Waals surface area contributed by atoms with Gasteiger partial charge in [-0.2, -0.15) is 0 Å². The molecule has 4 nitrogen and oxygen atoms in total. The Morgan fingerprint density at radius 2 is 2.11 bits per heavy atom. The van der Waals surface area contributed by atoms with Gasteiger partial charge in [-0.1, -0.05) is 17.7 Å². The molecule has 0 bridgehead atoms. The number of fused-ring (bicyclic) bond motifs is 1. The lowest BCUT2D eigenvalue weighted by molar-refractivity contribution is 0.359. The SMILES string of the molecule is O=c1c2cccc(Cl)c2ncn1C1CCNCC1. The van der Waals surface area contributed by atoms with E-state index in [9.17, 15) is 4.79 Å². The van der Waals surface area contributed by atoms with Crippen LogP contribution in [0.15, 0.2) is 29.3 Å². The molecule has 0 saturated carbocycles. The maximum atomic E-state index is 12.4. The zero-order valence-electron chi connectivity index (χ0n) is 9.90. The summed E-state index contributed by atoms with van der Waals surface area (Å²) < 4.78 is 1.75. The number of rotatable bonds is 1. The minimum absolute atomic E-state index is 0.00870. The van der Waals surface area contributed by atoms with Crippen molar-refractivity contribution in [2.45, 2.75) is 18.9 Å². The number of aromatic nitrogens is 2. The van der Waals surface area contributed by atoms with Crippen LogP contribution >= 0.6 is 11.6 Å². The molecule has 0 spiro atoms. The van der Waals surface area contributed by atoms with Gasteiger partial charge in [-0.25, -0.2) is 4.98 Å². The Morgan fingerprint density at radius 1 is 1.33 bits per heavy atom. The Bertz CT molecular complexity index is 632. The highest BCUT2D eigenvalue weighted by Crippen LogP contribution is 2.21. The van der Waals surface area contributed by atoms with Crippen LogP contribution in [-0.4, -0.2) is 22.6 Å². The molecule has 1 fully saturated rings. The Balaban J connectivity index is 2.14. The van der Waals surface area contributed by atoms with Crippen molar-refractivity contribution in [1.82, 2.24) is 14.9 Å². The quantitative estimate of drug-likeness (QED) is 0.856. The number of piperidine rings is 1. The lowest BCUT2D eigenvalue weighted by atomic mass is 10.1. The first-order valence-electron chi connectivity index (χ1n) is 6.13. The van der Waals surface area contributed by atoms with E-state index in [1.54, 1.807) is 29.1 Å². The van der Waals surface area contributed by atoms with Crippen molar-refractivity contribution < 1.29 is 0 Å². The van der Waals surface area contributed by atoms with Crippen molar-refractivity contribution >= 4 is 22.5 Å². The van der Waals surface area contributed by atoms with Gasteiger partial charge >= 0.3 is 0 Å². The third kappa shape index (κ3) is 1.91. The Kier molecular flexibility index (Phi) is 3.06. The molecule has 2 heterocycles. The smallest absolute Gasteiger partial charge is 0.261 e. The van der Waals surface area contributed by atoms with E-state index in [1.807, 2.05) is 0 Å². The van der Waals surface area contributed by atoms with Gasteiger partial charge in [0.25, 0.3) is 5.56 Å². The van der Waals surface area contributed by atoms with E-state index >= 15 is 0 Å². The largest absolute Gasteiger partial charge is 0.317 e. The van der Waals surface area contributed by atoms with Crippen LogP contribution in [0.4, 0.5) is 0 Å². The van der Waals surface area contributed by atoms with Crippen LogP contribution in [0.1, 0.15) is 18.9 Å². The van der Waals surface area contributed by atoms with Crippen molar-refractivity contribution in [3.63, 3.8) is 0 Å². The molecule has 3 rings (SSSR count). The highest BCUT2D eigenvalue weighted by atomic mass is 35.5. The summed E-state index contributed by atoms with van der Waals surface area (Å²) in [6, 6.07) is 5.58. The fourth-order valence-electron chi connectivity index (χ4n) is 2.48. The van der Waals surface area contributed by atoms with Gasteiger partial charge in [0.1, 0.15) is 0 Å². The van der Waals surface area contributed by atoms with Gasteiger partial charge in [0.05, 0.1) is 22.3 Å². The maximum Gasteiger partial charge on any atom is 0.261 e. The molecule has 1 saturated heterocycles. The van der Waals surface area contributed by atoms with Gasteiger partial charge in [0.2, 0.25) is 0 Å². The second-order valence-electron chi connectivity index (χ2n) is 4.57. The first kappa shape index (κ1) is 11.7. The lowest BCUT2D eigenvalue weighted by Gasteiger charge is -2.24. The van der Waals surface area contributed by atoms with Crippen LogP contribution < -0.4 is 10.9 Å². The van der Waals surface area contributed by atoms with Crippen molar-refractivity contribution in [2.75, 3.05) is 13.1 Å². The number of halogens is 1. The molecule has 0 amide bonds. The van der Waals surface area contributed by atoms with Crippen molar-refractivity contribution in [3.8, 4) is 0 Å². The standard InChI is InChI=1S/C13H14ClN3O/c14-11-3-1-2-10-12(11)16-8-17(13(10)18)9-4-6-15-7-5-9/h1-3,8-9,15H,4-7H2. The molecule has 94 valence electrons. The monoisotopic (exact) mass is 263 g/mol. The van der Waals surface area contributed by atoms with Gasteiger partial charge in [-0.15, -0.1) is 0 Å². The van der Waals surface area contributed by atoms with E-state index in [4.69, 9.17) is 11.6 Å². The molecule has 18 heavy (non-hydrogen) atoms. The van der Waals surface area contributed by atoms with Gasteiger partial charge in [0.15, 0.2) is 0 Å². The average Bonchev–Trinajstić information content (AvgIpc) is 2.41. The van der Waals surface area contributed by atoms with E-state index in [0.717, 1.165) is 25.9 Å². The molecule has 0 unspecified atom stereocenters. The predicted octanol–water partition coefficient (Wildman–Crippen LogP) is 1.97. The number of nitrogens with zero attached hydrogens (tertiary/aromatic N) is 2.